The molecule has 7 heteroatoms. The lowest BCUT2D eigenvalue weighted by atomic mass is 10.1. The van der Waals surface area contributed by atoms with Crippen molar-refractivity contribution in [1.29, 1.82) is 0 Å². The smallest absolute Gasteiger partial charge is 0.193 e. The van der Waals surface area contributed by atoms with E-state index in [9.17, 15) is 4.39 Å². The van der Waals surface area contributed by atoms with Crippen LogP contribution in [0.5, 0.6) is 5.75 Å². The van der Waals surface area contributed by atoms with E-state index in [1.165, 1.54) is 6.07 Å². The fourth-order valence-corrected chi connectivity index (χ4v) is 2.02. The summed E-state index contributed by atoms with van der Waals surface area (Å²) in [4.78, 5) is 6.59. The van der Waals surface area contributed by atoms with E-state index in [2.05, 4.69) is 36.4 Å². The maximum Gasteiger partial charge on any atom is 0.193 e. The third-order valence-electron chi connectivity index (χ3n) is 3.25. The van der Waals surface area contributed by atoms with Crippen LogP contribution in [0.25, 0.3) is 0 Å². The quantitative estimate of drug-likeness (QED) is 0.268. The highest BCUT2D eigenvalue weighted by molar-refractivity contribution is 14.0. The van der Waals surface area contributed by atoms with Gasteiger partial charge in [-0.2, -0.15) is 0 Å². The van der Waals surface area contributed by atoms with Crippen LogP contribution < -0.4 is 15.4 Å². The van der Waals surface area contributed by atoms with Crippen LogP contribution in [-0.2, 0) is 0 Å². The molecular formula is C18H32FIN4O. The van der Waals surface area contributed by atoms with Crippen LogP contribution in [0.15, 0.2) is 29.3 Å². The van der Waals surface area contributed by atoms with Gasteiger partial charge in [0.2, 0.25) is 0 Å². The van der Waals surface area contributed by atoms with Crippen LogP contribution in [0.4, 0.5) is 4.39 Å². The summed E-state index contributed by atoms with van der Waals surface area (Å²) in [5.41, 5.74) is 0.0906. The second kappa shape index (κ2) is 12.3. The molecule has 0 aliphatic rings. The minimum Gasteiger partial charge on any atom is -0.489 e. The van der Waals surface area contributed by atoms with Crippen molar-refractivity contribution in [1.82, 2.24) is 15.5 Å². The first kappa shape index (κ1) is 23.9. The van der Waals surface area contributed by atoms with Gasteiger partial charge in [-0.1, -0.05) is 12.1 Å². The summed E-state index contributed by atoms with van der Waals surface area (Å²) >= 11 is 0. The van der Waals surface area contributed by atoms with Gasteiger partial charge in [-0.15, -0.1) is 24.0 Å². The van der Waals surface area contributed by atoms with Gasteiger partial charge in [0, 0.05) is 25.7 Å². The first-order valence-electron chi connectivity index (χ1n) is 8.45. The summed E-state index contributed by atoms with van der Waals surface area (Å²) in [6.07, 6.45) is 0. The molecule has 25 heavy (non-hydrogen) atoms. The molecule has 0 atom stereocenters. The molecule has 2 N–H and O–H groups in total. The number of hydrogen-bond donors (Lipinski definition) is 2. The van der Waals surface area contributed by atoms with Crippen molar-refractivity contribution in [3.8, 4) is 5.75 Å². The van der Waals surface area contributed by atoms with Gasteiger partial charge in [0.05, 0.1) is 13.1 Å². The molecule has 5 nitrogen and oxygen atoms in total. The summed E-state index contributed by atoms with van der Waals surface area (Å²) in [6, 6.07) is 6.44. The Balaban J connectivity index is 0.00000576. The van der Waals surface area contributed by atoms with Crippen molar-refractivity contribution in [2.24, 2.45) is 4.99 Å². The van der Waals surface area contributed by atoms with Gasteiger partial charge in [0.1, 0.15) is 6.61 Å². The second-order valence-corrected chi connectivity index (χ2v) is 6.61. The number of halogens is 2. The molecule has 0 amide bonds. The Morgan fingerprint density at radius 2 is 1.96 bits per heavy atom. The minimum atomic E-state index is -0.339. The molecule has 0 saturated carbocycles. The zero-order valence-electron chi connectivity index (χ0n) is 15.9. The van der Waals surface area contributed by atoms with Crippen LogP contribution in [0, 0.1) is 5.82 Å². The molecule has 0 bridgehead atoms. The zero-order chi connectivity index (χ0) is 18.0. The van der Waals surface area contributed by atoms with E-state index in [1.807, 2.05) is 18.9 Å². The first-order valence-corrected chi connectivity index (χ1v) is 8.45. The average molecular weight is 466 g/mol. The molecule has 0 fully saturated rings. The normalized spacial score (nSPS) is 11.7. The van der Waals surface area contributed by atoms with E-state index in [0.29, 0.717) is 19.7 Å². The number of likely N-dealkylation sites (N-methyl/N-ethyl adjacent to an activating group) is 1. The number of hydrogen-bond acceptors (Lipinski definition) is 3. The number of nitrogens with one attached hydrogen (secondary N) is 2. The van der Waals surface area contributed by atoms with E-state index >= 15 is 0 Å². The van der Waals surface area contributed by atoms with Crippen molar-refractivity contribution in [2.45, 2.75) is 33.2 Å². The molecule has 0 aromatic heterocycles. The number of para-hydroxylation sites is 1. The number of rotatable bonds is 8. The monoisotopic (exact) mass is 466 g/mol. The van der Waals surface area contributed by atoms with Gasteiger partial charge in [0.15, 0.2) is 17.5 Å². The molecule has 144 valence electrons. The van der Waals surface area contributed by atoms with Gasteiger partial charge in [-0.25, -0.2) is 4.39 Å². The van der Waals surface area contributed by atoms with Crippen LogP contribution in [0.2, 0.25) is 0 Å². The molecular weight excluding hydrogens is 434 g/mol. The Hall–Kier alpha value is -1.09. The van der Waals surface area contributed by atoms with Gasteiger partial charge >= 0.3 is 0 Å². The molecule has 1 aromatic rings. The lowest BCUT2D eigenvalue weighted by Gasteiger charge is -2.23. The summed E-state index contributed by atoms with van der Waals surface area (Å²) in [5, 5.41) is 6.67. The lowest BCUT2D eigenvalue weighted by molar-refractivity contribution is 0.270. The minimum absolute atomic E-state index is 0. The third kappa shape index (κ3) is 10.5. The first-order chi connectivity index (χ1) is 11.3. The number of nitrogens with zero attached hydrogens (tertiary/aromatic N) is 2. The lowest BCUT2D eigenvalue weighted by Crippen LogP contribution is -2.42. The molecule has 0 spiro atoms. The number of benzene rings is 1. The van der Waals surface area contributed by atoms with Crippen LogP contribution >= 0.6 is 24.0 Å². The summed E-state index contributed by atoms with van der Waals surface area (Å²) < 4.78 is 19.0. The van der Waals surface area contributed by atoms with Crippen LogP contribution in [0.3, 0.4) is 0 Å². The Morgan fingerprint density at radius 3 is 2.56 bits per heavy atom. The van der Waals surface area contributed by atoms with E-state index in [0.717, 1.165) is 19.0 Å². The summed E-state index contributed by atoms with van der Waals surface area (Å²) in [7, 11) is 1.95. The predicted molar refractivity (Wildman–Crippen MR) is 114 cm³/mol. The largest absolute Gasteiger partial charge is 0.489 e. The molecule has 0 heterocycles. The number of ether oxygens (including phenoxy) is 1. The highest BCUT2D eigenvalue weighted by Crippen LogP contribution is 2.14. The Kier molecular flexibility index (Phi) is 11.8. The highest BCUT2D eigenvalue weighted by Gasteiger charge is 2.09. The molecule has 0 unspecified atom stereocenters. The Bertz CT molecular complexity index is 520. The van der Waals surface area contributed by atoms with Crippen molar-refractivity contribution in [2.75, 3.05) is 39.8 Å². The maximum absolute atomic E-state index is 13.5. The Labute approximate surface area is 168 Å². The molecule has 0 saturated heterocycles. The van der Waals surface area contributed by atoms with Crippen molar-refractivity contribution in [3.63, 3.8) is 0 Å². The summed E-state index contributed by atoms with van der Waals surface area (Å²) in [6.45, 7) is 11.7. The van der Waals surface area contributed by atoms with E-state index in [4.69, 9.17) is 4.74 Å². The van der Waals surface area contributed by atoms with Gasteiger partial charge in [-0.05, 0) is 39.8 Å². The number of guanidine groups is 1. The van der Waals surface area contributed by atoms with Crippen LogP contribution in [0.1, 0.15) is 27.7 Å². The van der Waals surface area contributed by atoms with E-state index in [-0.39, 0.29) is 41.1 Å². The standard InChI is InChI=1S/C18H31FN4O.HI/c1-6-20-17(21-11-12-22-18(2,3)4)23(5)13-14-24-16-10-8-7-9-15(16)19;/h7-10,22H,6,11-14H2,1-5H3,(H,20,21);1H. The van der Waals surface area contributed by atoms with E-state index in [1.54, 1.807) is 18.2 Å². The van der Waals surface area contributed by atoms with Crippen molar-refractivity contribution < 1.29 is 9.13 Å². The van der Waals surface area contributed by atoms with Gasteiger partial charge < -0.3 is 20.3 Å². The number of aliphatic imine (C=N–C) groups is 1. The van der Waals surface area contributed by atoms with Gasteiger partial charge in [-0.3, -0.25) is 4.99 Å². The zero-order valence-corrected chi connectivity index (χ0v) is 18.3. The van der Waals surface area contributed by atoms with Crippen LogP contribution in [-0.4, -0.2) is 56.2 Å². The third-order valence-corrected chi connectivity index (χ3v) is 3.25. The van der Waals surface area contributed by atoms with Crippen molar-refractivity contribution in [3.05, 3.63) is 30.1 Å². The molecule has 0 aliphatic carbocycles. The molecule has 0 radical (unpaired) electrons. The molecule has 0 aliphatic heterocycles. The van der Waals surface area contributed by atoms with E-state index < -0.39 is 0 Å². The predicted octanol–water partition coefficient (Wildman–Crippen LogP) is 3.11. The summed E-state index contributed by atoms with van der Waals surface area (Å²) in [5.74, 6) is 0.765. The molecule has 1 aromatic carbocycles. The fraction of sp³-hybridized carbons (Fsp3) is 0.611. The average Bonchev–Trinajstić information content (AvgIpc) is 2.51. The van der Waals surface area contributed by atoms with Crippen molar-refractivity contribution >= 4 is 29.9 Å². The molecule has 1 rings (SSSR count). The highest BCUT2D eigenvalue weighted by atomic mass is 127. The second-order valence-electron chi connectivity index (χ2n) is 6.61. The fourth-order valence-electron chi connectivity index (χ4n) is 2.02. The maximum atomic E-state index is 13.5. The topological polar surface area (TPSA) is 48.9 Å². The SMILES string of the molecule is CCNC(=NCCNC(C)(C)C)N(C)CCOc1ccccc1F.I. The Morgan fingerprint density at radius 1 is 1.28 bits per heavy atom. The van der Waals surface area contributed by atoms with Gasteiger partial charge in [0.25, 0.3) is 0 Å².